The van der Waals surface area contributed by atoms with Crippen molar-refractivity contribution >= 4 is 21.5 Å². The summed E-state index contributed by atoms with van der Waals surface area (Å²) in [6.07, 6.45) is 0.948. The van der Waals surface area contributed by atoms with Crippen LogP contribution in [0.1, 0.15) is 43.4 Å². The van der Waals surface area contributed by atoms with E-state index in [9.17, 15) is 13.2 Å². The topological polar surface area (TPSA) is 66.5 Å². The first kappa shape index (κ1) is 22.2. The van der Waals surface area contributed by atoms with Gasteiger partial charge in [-0.15, -0.1) is 0 Å². The van der Waals surface area contributed by atoms with Crippen molar-refractivity contribution in [1.29, 1.82) is 0 Å². The maximum Gasteiger partial charge on any atom is 0.244 e. The first-order chi connectivity index (χ1) is 14.2. The van der Waals surface area contributed by atoms with E-state index in [2.05, 4.69) is 11.9 Å². The maximum atomic E-state index is 13.5. The Morgan fingerprint density at radius 1 is 1.13 bits per heavy atom. The molecule has 2 aromatic rings. The first-order valence-electron chi connectivity index (χ1n) is 10.3. The number of nitrogens with one attached hydrogen (secondary N) is 1. The van der Waals surface area contributed by atoms with Crippen molar-refractivity contribution in [1.82, 2.24) is 9.62 Å². The lowest BCUT2D eigenvalue weighted by atomic mass is 10.0. The Balaban J connectivity index is 1.89. The number of aryl methyl sites for hydroxylation is 1. The Labute approximate surface area is 179 Å². The van der Waals surface area contributed by atoms with Crippen molar-refractivity contribution in [3.63, 3.8) is 0 Å². The highest BCUT2D eigenvalue weighted by atomic mass is 32.2. The number of sulfonamides is 1. The van der Waals surface area contributed by atoms with E-state index < -0.39 is 16.1 Å². The van der Waals surface area contributed by atoms with E-state index in [1.807, 2.05) is 51.1 Å². The van der Waals surface area contributed by atoms with Gasteiger partial charge in [-0.05, 0) is 48.4 Å². The van der Waals surface area contributed by atoms with E-state index in [0.717, 1.165) is 16.7 Å². The summed E-state index contributed by atoms with van der Waals surface area (Å²) in [4.78, 5) is 13.4. The molecule has 5 nitrogen and oxygen atoms in total. The van der Waals surface area contributed by atoms with Crippen LogP contribution in [0.5, 0.6) is 0 Å². The molecule has 3 rings (SSSR count). The largest absolute Gasteiger partial charge is 0.351 e. The van der Waals surface area contributed by atoms with Gasteiger partial charge in [0.25, 0.3) is 0 Å². The first-order valence-corrected chi connectivity index (χ1v) is 11.8. The fourth-order valence-corrected chi connectivity index (χ4v) is 5.59. The van der Waals surface area contributed by atoms with Crippen LogP contribution in [0, 0.1) is 12.8 Å². The molecule has 0 aliphatic carbocycles. The summed E-state index contributed by atoms with van der Waals surface area (Å²) in [6.45, 7) is 10.7. The second-order valence-corrected chi connectivity index (χ2v) is 10.2. The lowest BCUT2D eigenvalue weighted by molar-refractivity contribution is -0.125. The van der Waals surface area contributed by atoms with Crippen LogP contribution in [0.4, 0.5) is 0 Å². The molecule has 0 spiro atoms. The molecule has 0 fully saturated rings. The van der Waals surface area contributed by atoms with Crippen LogP contribution in [-0.2, 0) is 21.4 Å². The Hall–Kier alpha value is -2.44. The highest BCUT2D eigenvalue weighted by Crippen LogP contribution is 2.33. The Morgan fingerprint density at radius 2 is 1.80 bits per heavy atom. The average molecular weight is 427 g/mol. The number of carbonyl (C=O) groups is 1. The van der Waals surface area contributed by atoms with E-state index >= 15 is 0 Å². The van der Waals surface area contributed by atoms with Gasteiger partial charge in [0.1, 0.15) is 6.04 Å². The zero-order valence-corrected chi connectivity index (χ0v) is 18.7. The SMILES string of the molecule is C=C1CCN([C@H](CC(C)C)C(=O)NCc2ccc(C)cc2)S(=O)(=O)c2ccccc21. The molecule has 0 radical (unpaired) electrons. The molecule has 1 amide bonds. The molecule has 0 saturated carbocycles. The number of fused-ring (bicyclic) bond motifs is 1. The third kappa shape index (κ3) is 4.82. The molecule has 0 aromatic heterocycles. The van der Waals surface area contributed by atoms with Gasteiger partial charge in [-0.1, -0.05) is 68.5 Å². The van der Waals surface area contributed by atoms with Crippen molar-refractivity contribution in [2.75, 3.05) is 6.54 Å². The zero-order chi connectivity index (χ0) is 21.9. The molecule has 2 aromatic carbocycles. The summed E-state index contributed by atoms with van der Waals surface area (Å²) in [6, 6.07) is 14.1. The van der Waals surface area contributed by atoms with E-state index in [1.54, 1.807) is 18.2 Å². The maximum absolute atomic E-state index is 13.5. The summed E-state index contributed by atoms with van der Waals surface area (Å²) in [5.74, 6) is -0.102. The number of hydrogen-bond acceptors (Lipinski definition) is 3. The lowest BCUT2D eigenvalue weighted by Crippen LogP contribution is -2.50. The van der Waals surface area contributed by atoms with Gasteiger partial charge in [-0.3, -0.25) is 4.79 Å². The number of carbonyl (C=O) groups excluding carboxylic acids is 1. The minimum absolute atomic E-state index is 0.164. The molecule has 1 atom stereocenters. The van der Waals surface area contributed by atoms with Gasteiger partial charge >= 0.3 is 0 Å². The molecule has 30 heavy (non-hydrogen) atoms. The van der Waals surface area contributed by atoms with Crippen LogP contribution < -0.4 is 5.32 Å². The van der Waals surface area contributed by atoms with Crippen LogP contribution in [0.3, 0.4) is 0 Å². The van der Waals surface area contributed by atoms with Gasteiger partial charge in [0, 0.05) is 13.1 Å². The Kier molecular flexibility index (Phi) is 6.78. The van der Waals surface area contributed by atoms with Crippen molar-refractivity contribution in [3.8, 4) is 0 Å². The molecular formula is C24H30N2O3S. The second kappa shape index (κ2) is 9.14. The number of rotatable bonds is 6. The predicted octanol–water partition coefficient (Wildman–Crippen LogP) is 4.13. The molecule has 1 aliphatic heterocycles. The summed E-state index contributed by atoms with van der Waals surface area (Å²) in [5, 5.41) is 2.95. The number of amides is 1. The van der Waals surface area contributed by atoms with Gasteiger partial charge in [0.05, 0.1) is 4.90 Å². The van der Waals surface area contributed by atoms with Gasteiger partial charge in [0.15, 0.2) is 0 Å². The van der Waals surface area contributed by atoms with Crippen LogP contribution in [-0.4, -0.2) is 31.2 Å². The van der Waals surface area contributed by atoms with Crippen LogP contribution in [0.15, 0.2) is 60.0 Å². The molecule has 0 bridgehead atoms. The van der Waals surface area contributed by atoms with E-state index in [4.69, 9.17) is 0 Å². The molecule has 1 aliphatic rings. The van der Waals surface area contributed by atoms with Crippen molar-refractivity contribution in [2.45, 2.75) is 51.1 Å². The summed E-state index contributed by atoms with van der Waals surface area (Å²) < 4.78 is 28.4. The van der Waals surface area contributed by atoms with E-state index in [1.165, 1.54) is 4.31 Å². The molecule has 1 heterocycles. The Morgan fingerprint density at radius 3 is 2.47 bits per heavy atom. The molecule has 0 saturated heterocycles. The van der Waals surface area contributed by atoms with Crippen LogP contribution in [0.2, 0.25) is 0 Å². The van der Waals surface area contributed by atoms with Gasteiger partial charge in [-0.2, -0.15) is 4.31 Å². The van der Waals surface area contributed by atoms with Gasteiger partial charge in [-0.25, -0.2) is 8.42 Å². The zero-order valence-electron chi connectivity index (χ0n) is 17.9. The molecule has 6 heteroatoms. The minimum atomic E-state index is -3.82. The number of nitrogens with zero attached hydrogens (tertiary/aromatic N) is 1. The highest BCUT2D eigenvalue weighted by Gasteiger charge is 2.39. The summed E-state index contributed by atoms with van der Waals surface area (Å²) in [7, 11) is -3.82. The number of benzene rings is 2. The summed E-state index contributed by atoms with van der Waals surface area (Å²) >= 11 is 0. The second-order valence-electron chi connectivity index (χ2n) is 8.31. The van der Waals surface area contributed by atoms with Gasteiger partial charge in [0.2, 0.25) is 15.9 Å². The van der Waals surface area contributed by atoms with Crippen molar-refractivity contribution in [3.05, 3.63) is 71.8 Å². The number of hydrogen-bond donors (Lipinski definition) is 1. The third-order valence-corrected chi connectivity index (χ3v) is 7.39. The molecular weight excluding hydrogens is 396 g/mol. The fourth-order valence-electron chi connectivity index (χ4n) is 3.75. The Bertz CT molecular complexity index is 1030. The molecule has 0 unspecified atom stereocenters. The van der Waals surface area contributed by atoms with Crippen molar-refractivity contribution < 1.29 is 13.2 Å². The normalized spacial score (nSPS) is 17.3. The van der Waals surface area contributed by atoms with Crippen LogP contribution in [0.25, 0.3) is 5.57 Å². The molecule has 160 valence electrons. The van der Waals surface area contributed by atoms with E-state index in [-0.39, 0.29) is 23.3 Å². The monoisotopic (exact) mass is 426 g/mol. The average Bonchev–Trinajstić information content (AvgIpc) is 2.80. The standard InChI is InChI=1S/C24H30N2O3S/c1-17(2)15-22(24(27)25-16-20-11-9-18(3)10-12-20)26-14-13-19(4)21-7-5-6-8-23(21)30(26,28)29/h5-12,17,22H,4,13-16H2,1-3H3,(H,25,27)/t22-/m1/s1. The summed E-state index contributed by atoms with van der Waals surface area (Å²) in [5.41, 5.74) is 3.55. The lowest BCUT2D eigenvalue weighted by Gasteiger charge is -2.30. The highest BCUT2D eigenvalue weighted by molar-refractivity contribution is 7.89. The quantitative estimate of drug-likeness (QED) is 0.755. The smallest absolute Gasteiger partial charge is 0.244 e. The minimum Gasteiger partial charge on any atom is -0.351 e. The predicted molar refractivity (Wildman–Crippen MR) is 120 cm³/mol. The van der Waals surface area contributed by atoms with E-state index in [0.29, 0.717) is 24.9 Å². The van der Waals surface area contributed by atoms with Gasteiger partial charge < -0.3 is 5.32 Å². The fraction of sp³-hybridized carbons (Fsp3) is 0.375. The molecule has 1 N–H and O–H groups in total. The van der Waals surface area contributed by atoms with Crippen molar-refractivity contribution in [2.24, 2.45) is 5.92 Å². The third-order valence-electron chi connectivity index (χ3n) is 5.42. The van der Waals surface area contributed by atoms with Crippen LogP contribution >= 0.6 is 0 Å².